The molecular weight excluding hydrogens is 250 g/mol. The van der Waals surface area contributed by atoms with Crippen molar-refractivity contribution in [1.29, 1.82) is 0 Å². The highest BCUT2D eigenvalue weighted by molar-refractivity contribution is 5.96. The summed E-state index contributed by atoms with van der Waals surface area (Å²) in [5, 5.41) is 8.78. The Kier molecular flexibility index (Phi) is 5.20. The number of hydrogen-bond donors (Lipinski definition) is 1. The Morgan fingerprint density at radius 2 is 1.95 bits per heavy atom. The molecule has 1 N–H and O–H groups in total. The molecule has 1 saturated heterocycles. The number of hydrogen-bond acceptors (Lipinski definition) is 2. The summed E-state index contributed by atoms with van der Waals surface area (Å²) >= 11 is 0. The maximum Gasteiger partial charge on any atom is 0.254 e. The van der Waals surface area contributed by atoms with Crippen LogP contribution < -0.4 is 0 Å². The van der Waals surface area contributed by atoms with Crippen LogP contribution in [-0.2, 0) is 0 Å². The zero-order valence-corrected chi connectivity index (χ0v) is 12.0. The molecule has 0 saturated carbocycles. The number of amides is 1. The lowest BCUT2D eigenvalue weighted by atomic mass is 10.0. The van der Waals surface area contributed by atoms with Crippen molar-refractivity contribution in [3.8, 4) is 11.8 Å². The molecule has 3 heteroatoms. The zero-order valence-electron chi connectivity index (χ0n) is 12.0. The van der Waals surface area contributed by atoms with Crippen molar-refractivity contribution in [3.05, 3.63) is 34.9 Å². The summed E-state index contributed by atoms with van der Waals surface area (Å²) < 4.78 is 0. The maximum atomic E-state index is 12.6. The molecule has 0 unspecified atom stereocenters. The lowest BCUT2D eigenvalue weighted by molar-refractivity contribution is 0.0761. The summed E-state index contributed by atoms with van der Waals surface area (Å²) in [5.74, 6) is 5.65. The van der Waals surface area contributed by atoms with Crippen molar-refractivity contribution >= 4 is 5.91 Å². The molecule has 2 rings (SSSR count). The van der Waals surface area contributed by atoms with E-state index >= 15 is 0 Å². The van der Waals surface area contributed by atoms with E-state index in [1.165, 1.54) is 12.8 Å². The van der Waals surface area contributed by atoms with Crippen LogP contribution in [0.25, 0.3) is 0 Å². The number of rotatable bonds is 1. The SMILES string of the molecule is Cc1c(C#CCO)cccc1C(=O)N1CCCCCC1. The molecule has 1 aromatic rings. The molecule has 1 amide bonds. The summed E-state index contributed by atoms with van der Waals surface area (Å²) in [5.41, 5.74) is 2.46. The fourth-order valence-electron chi connectivity index (χ4n) is 2.58. The molecule has 1 fully saturated rings. The van der Waals surface area contributed by atoms with Crippen LogP contribution in [0.3, 0.4) is 0 Å². The first kappa shape index (κ1) is 14.6. The molecule has 106 valence electrons. The lowest BCUT2D eigenvalue weighted by Gasteiger charge is -2.21. The van der Waals surface area contributed by atoms with Crippen LogP contribution in [0.2, 0.25) is 0 Å². The molecular formula is C17H21NO2. The molecule has 0 radical (unpaired) electrons. The van der Waals surface area contributed by atoms with Gasteiger partial charge in [-0.25, -0.2) is 0 Å². The molecule has 1 aliphatic heterocycles. The molecule has 0 atom stereocenters. The summed E-state index contributed by atoms with van der Waals surface area (Å²) in [6.45, 7) is 3.46. The minimum Gasteiger partial charge on any atom is -0.384 e. The number of aliphatic hydroxyl groups is 1. The van der Waals surface area contributed by atoms with E-state index < -0.39 is 0 Å². The van der Waals surface area contributed by atoms with Crippen LogP contribution in [0, 0.1) is 18.8 Å². The first-order valence-corrected chi connectivity index (χ1v) is 7.22. The van der Waals surface area contributed by atoms with E-state index in [0.717, 1.165) is 42.6 Å². The second-order valence-electron chi connectivity index (χ2n) is 5.14. The lowest BCUT2D eigenvalue weighted by Crippen LogP contribution is -2.32. The maximum absolute atomic E-state index is 12.6. The number of benzene rings is 1. The monoisotopic (exact) mass is 271 g/mol. The molecule has 0 aliphatic carbocycles. The second kappa shape index (κ2) is 7.12. The average molecular weight is 271 g/mol. The van der Waals surface area contributed by atoms with Crippen LogP contribution in [0.1, 0.15) is 47.2 Å². The van der Waals surface area contributed by atoms with Gasteiger partial charge in [0.1, 0.15) is 6.61 Å². The van der Waals surface area contributed by atoms with Crippen molar-refractivity contribution in [2.75, 3.05) is 19.7 Å². The number of carbonyl (C=O) groups is 1. The predicted octanol–water partition coefficient (Wildman–Crippen LogP) is 2.36. The highest BCUT2D eigenvalue weighted by atomic mass is 16.2. The van der Waals surface area contributed by atoms with Crippen LogP contribution in [-0.4, -0.2) is 35.6 Å². The molecule has 0 aromatic heterocycles. The van der Waals surface area contributed by atoms with Crippen LogP contribution in [0.5, 0.6) is 0 Å². The topological polar surface area (TPSA) is 40.5 Å². The van der Waals surface area contributed by atoms with Gasteiger partial charge >= 0.3 is 0 Å². The summed E-state index contributed by atoms with van der Waals surface area (Å²) in [6, 6.07) is 5.61. The van der Waals surface area contributed by atoms with Crippen LogP contribution in [0.15, 0.2) is 18.2 Å². The Labute approximate surface area is 120 Å². The number of nitrogens with zero attached hydrogens (tertiary/aromatic N) is 1. The zero-order chi connectivity index (χ0) is 14.4. The molecule has 3 nitrogen and oxygen atoms in total. The minimum atomic E-state index is -0.163. The number of aliphatic hydroxyl groups excluding tert-OH is 1. The fraction of sp³-hybridized carbons (Fsp3) is 0.471. The summed E-state index contributed by atoms with van der Waals surface area (Å²) in [6.07, 6.45) is 4.61. The van der Waals surface area contributed by atoms with Gasteiger partial charge in [-0.2, -0.15) is 0 Å². The van der Waals surface area contributed by atoms with E-state index in [0.29, 0.717) is 0 Å². The van der Waals surface area contributed by atoms with Crippen LogP contribution in [0.4, 0.5) is 0 Å². The highest BCUT2D eigenvalue weighted by Crippen LogP contribution is 2.18. The molecule has 0 bridgehead atoms. The van der Waals surface area contributed by atoms with Gasteiger partial charge in [-0.1, -0.05) is 30.7 Å². The smallest absolute Gasteiger partial charge is 0.254 e. The Morgan fingerprint density at radius 1 is 1.25 bits per heavy atom. The second-order valence-corrected chi connectivity index (χ2v) is 5.14. The van der Waals surface area contributed by atoms with Gasteiger partial charge in [-0.3, -0.25) is 4.79 Å². The third-order valence-electron chi connectivity index (χ3n) is 3.76. The van der Waals surface area contributed by atoms with Crippen molar-refractivity contribution in [1.82, 2.24) is 4.90 Å². The van der Waals surface area contributed by atoms with Crippen molar-refractivity contribution in [3.63, 3.8) is 0 Å². The van der Waals surface area contributed by atoms with E-state index in [2.05, 4.69) is 11.8 Å². The Balaban J connectivity index is 2.25. The van der Waals surface area contributed by atoms with E-state index in [1.54, 1.807) is 0 Å². The molecule has 1 heterocycles. The average Bonchev–Trinajstić information content (AvgIpc) is 2.74. The Bertz CT molecular complexity index is 532. The van der Waals surface area contributed by atoms with Gasteiger partial charge in [-0.05, 0) is 37.5 Å². The third-order valence-corrected chi connectivity index (χ3v) is 3.76. The van der Waals surface area contributed by atoms with Crippen molar-refractivity contribution in [2.24, 2.45) is 0 Å². The quantitative estimate of drug-likeness (QED) is 0.797. The molecule has 0 spiro atoms. The van der Waals surface area contributed by atoms with E-state index in [9.17, 15) is 4.79 Å². The summed E-state index contributed by atoms with van der Waals surface area (Å²) in [4.78, 5) is 14.6. The van der Waals surface area contributed by atoms with Gasteiger partial charge < -0.3 is 10.0 Å². The number of carbonyl (C=O) groups excluding carboxylic acids is 1. The standard InChI is InChI=1S/C17H21NO2/c1-14-15(9-7-13-19)8-6-10-16(14)17(20)18-11-4-2-3-5-12-18/h6,8,10,19H,2-5,11-13H2,1H3. The molecule has 1 aromatic carbocycles. The fourth-order valence-corrected chi connectivity index (χ4v) is 2.58. The Morgan fingerprint density at radius 3 is 2.60 bits per heavy atom. The van der Waals surface area contributed by atoms with Gasteiger partial charge in [-0.15, -0.1) is 0 Å². The summed E-state index contributed by atoms with van der Waals surface area (Å²) in [7, 11) is 0. The van der Waals surface area contributed by atoms with Gasteiger partial charge in [0.2, 0.25) is 0 Å². The Hall–Kier alpha value is -1.79. The molecule has 20 heavy (non-hydrogen) atoms. The normalized spacial score (nSPS) is 15.2. The minimum absolute atomic E-state index is 0.108. The van der Waals surface area contributed by atoms with E-state index in [-0.39, 0.29) is 12.5 Å². The van der Waals surface area contributed by atoms with Crippen molar-refractivity contribution < 1.29 is 9.90 Å². The van der Waals surface area contributed by atoms with E-state index in [4.69, 9.17) is 5.11 Å². The van der Waals surface area contributed by atoms with E-state index in [1.807, 2.05) is 30.0 Å². The van der Waals surface area contributed by atoms with Crippen molar-refractivity contribution in [2.45, 2.75) is 32.6 Å². The van der Waals surface area contributed by atoms with Gasteiger partial charge in [0, 0.05) is 24.2 Å². The molecule has 1 aliphatic rings. The van der Waals surface area contributed by atoms with Gasteiger partial charge in [0.15, 0.2) is 0 Å². The first-order valence-electron chi connectivity index (χ1n) is 7.22. The highest BCUT2D eigenvalue weighted by Gasteiger charge is 2.19. The van der Waals surface area contributed by atoms with Gasteiger partial charge in [0.25, 0.3) is 5.91 Å². The third kappa shape index (κ3) is 3.40. The predicted molar refractivity (Wildman–Crippen MR) is 79.5 cm³/mol. The number of likely N-dealkylation sites (tertiary alicyclic amines) is 1. The largest absolute Gasteiger partial charge is 0.384 e. The first-order chi connectivity index (χ1) is 9.74. The van der Waals surface area contributed by atoms with Crippen LogP contribution >= 0.6 is 0 Å². The van der Waals surface area contributed by atoms with Gasteiger partial charge in [0.05, 0.1) is 0 Å².